The first-order valence-corrected chi connectivity index (χ1v) is 8.42. The van der Waals surface area contributed by atoms with E-state index in [2.05, 4.69) is 49.4 Å². The molecule has 1 heteroatoms. The van der Waals surface area contributed by atoms with E-state index in [4.69, 9.17) is 0 Å². The Balaban J connectivity index is 1.80. The van der Waals surface area contributed by atoms with Gasteiger partial charge in [-0.15, -0.1) is 0 Å². The van der Waals surface area contributed by atoms with Crippen molar-refractivity contribution in [2.75, 3.05) is 0 Å². The number of aryl methyl sites for hydroxylation is 2. The standard InChI is InChI=1S/C21H20O/c1-13-2-4-15-10-16-5-7-20(22)21(19(16)11-17(15)8-13)12-14-3-6-18(21)9-14/h2-4,6,8,10-11,14,18H,5,7,9,12H2,1H3. The van der Waals surface area contributed by atoms with Gasteiger partial charge in [-0.3, -0.25) is 4.79 Å². The van der Waals surface area contributed by atoms with Gasteiger partial charge >= 0.3 is 0 Å². The number of hydrogen-bond acceptors (Lipinski definition) is 1. The second kappa shape index (κ2) is 4.10. The summed E-state index contributed by atoms with van der Waals surface area (Å²) in [6.45, 7) is 2.14. The molecule has 1 nitrogen and oxygen atoms in total. The molecule has 22 heavy (non-hydrogen) atoms. The minimum Gasteiger partial charge on any atom is -0.299 e. The van der Waals surface area contributed by atoms with Gasteiger partial charge in [0.15, 0.2) is 0 Å². The van der Waals surface area contributed by atoms with E-state index < -0.39 is 0 Å². The highest BCUT2D eigenvalue weighted by Gasteiger charge is 2.55. The van der Waals surface area contributed by atoms with Gasteiger partial charge < -0.3 is 0 Å². The molecule has 2 bridgehead atoms. The lowest BCUT2D eigenvalue weighted by Crippen LogP contribution is -2.43. The summed E-state index contributed by atoms with van der Waals surface area (Å²) in [5, 5.41) is 2.60. The number of rotatable bonds is 0. The summed E-state index contributed by atoms with van der Waals surface area (Å²) < 4.78 is 0. The topological polar surface area (TPSA) is 17.1 Å². The van der Waals surface area contributed by atoms with Gasteiger partial charge in [0.2, 0.25) is 0 Å². The van der Waals surface area contributed by atoms with Crippen molar-refractivity contribution in [1.82, 2.24) is 0 Å². The Morgan fingerprint density at radius 2 is 1.95 bits per heavy atom. The zero-order valence-corrected chi connectivity index (χ0v) is 12.9. The van der Waals surface area contributed by atoms with Crippen molar-refractivity contribution in [2.24, 2.45) is 11.8 Å². The van der Waals surface area contributed by atoms with Gasteiger partial charge in [-0.25, -0.2) is 0 Å². The van der Waals surface area contributed by atoms with Crippen LogP contribution in [0.3, 0.4) is 0 Å². The van der Waals surface area contributed by atoms with E-state index in [9.17, 15) is 4.79 Å². The van der Waals surface area contributed by atoms with E-state index in [0.717, 1.165) is 19.3 Å². The van der Waals surface area contributed by atoms with Crippen molar-refractivity contribution in [3.63, 3.8) is 0 Å². The molecule has 0 amide bonds. The van der Waals surface area contributed by atoms with E-state index in [-0.39, 0.29) is 5.41 Å². The number of hydrogen-bond donors (Lipinski definition) is 0. The Kier molecular flexibility index (Phi) is 2.35. The monoisotopic (exact) mass is 288 g/mol. The van der Waals surface area contributed by atoms with Gasteiger partial charge in [0, 0.05) is 6.42 Å². The molecule has 1 spiro atoms. The molecule has 5 rings (SSSR count). The molecule has 3 aliphatic carbocycles. The van der Waals surface area contributed by atoms with E-state index in [1.54, 1.807) is 0 Å². The highest BCUT2D eigenvalue weighted by atomic mass is 16.1. The van der Waals surface area contributed by atoms with Gasteiger partial charge in [-0.1, -0.05) is 42.0 Å². The Hall–Kier alpha value is -1.89. The first kappa shape index (κ1) is 12.6. The normalized spacial score (nSPS) is 32.1. The summed E-state index contributed by atoms with van der Waals surface area (Å²) >= 11 is 0. The van der Waals surface area contributed by atoms with Gasteiger partial charge in [0.1, 0.15) is 5.78 Å². The maximum absolute atomic E-state index is 12.9. The van der Waals surface area contributed by atoms with Crippen molar-refractivity contribution in [3.05, 3.63) is 59.2 Å². The average Bonchev–Trinajstić information content (AvgIpc) is 3.12. The number of carbonyl (C=O) groups excluding carboxylic acids is 1. The molecule has 0 saturated heterocycles. The third-order valence-corrected chi connectivity index (χ3v) is 6.21. The average molecular weight is 288 g/mol. The number of benzene rings is 2. The predicted octanol–water partition coefficient (Wildman–Crippen LogP) is 4.50. The van der Waals surface area contributed by atoms with Crippen LogP contribution in [0.1, 0.15) is 36.0 Å². The zero-order chi connectivity index (χ0) is 14.9. The molecule has 3 aliphatic rings. The largest absolute Gasteiger partial charge is 0.299 e. The number of Topliss-reactive ketones (excluding diaryl/α,β-unsaturated/α-hetero) is 1. The minimum atomic E-state index is -0.203. The van der Waals surface area contributed by atoms with Crippen LogP contribution in [0.25, 0.3) is 10.8 Å². The zero-order valence-electron chi connectivity index (χ0n) is 12.9. The van der Waals surface area contributed by atoms with Gasteiger partial charge in [-0.2, -0.15) is 0 Å². The Morgan fingerprint density at radius 3 is 2.73 bits per heavy atom. The SMILES string of the molecule is Cc1ccc2cc3c(cc2c1)C1(CC2C=CC1C2)C(=O)CC3. The Morgan fingerprint density at radius 1 is 1.05 bits per heavy atom. The number of fused-ring (bicyclic) bond motifs is 6. The fourth-order valence-corrected chi connectivity index (χ4v) is 5.19. The van der Waals surface area contributed by atoms with Crippen LogP contribution in [-0.4, -0.2) is 5.78 Å². The second-order valence-corrected chi connectivity index (χ2v) is 7.45. The van der Waals surface area contributed by atoms with Crippen molar-refractivity contribution in [2.45, 2.75) is 38.0 Å². The molecule has 110 valence electrons. The molecule has 0 radical (unpaired) electrons. The quantitative estimate of drug-likeness (QED) is 0.652. The van der Waals surface area contributed by atoms with E-state index in [1.807, 2.05) is 0 Å². The van der Waals surface area contributed by atoms with Crippen LogP contribution in [0.15, 0.2) is 42.5 Å². The van der Waals surface area contributed by atoms with Gasteiger partial charge in [-0.05, 0) is 66.0 Å². The fourth-order valence-electron chi connectivity index (χ4n) is 5.19. The smallest absolute Gasteiger partial charge is 0.144 e. The summed E-state index contributed by atoms with van der Waals surface area (Å²) in [6.07, 6.45) is 8.51. The summed E-state index contributed by atoms with van der Waals surface area (Å²) in [4.78, 5) is 12.9. The summed E-state index contributed by atoms with van der Waals surface area (Å²) in [5.74, 6) is 1.54. The molecule has 1 fully saturated rings. The van der Waals surface area contributed by atoms with Crippen LogP contribution in [0.4, 0.5) is 0 Å². The van der Waals surface area contributed by atoms with Gasteiger partial charge in [0.25, 0.3) is 0 Å². The lowest BCUT2D eigenvalue weighted by Gasteiger charge is -2.39. The van der Waals surface area contributed by atoms with E-state index in [1.165, 1.54) is 33.9 Å². The summed E-state index contributed by atoms with van der Waals surface area (Å²) in [5.41, 5.74) is 3.84. The number of allylic oxidation sites excluding steroid dienone is 2. The highest BCUT2D eigenvalue weighted by Crippen LogP contribution is 2.57. The molecule has 3 atom stereocenters. The van der Waals surface area contributed by atoms with Crippen LogP contribution < -0.4 is 0 Å². The van der Waals surface area contributed by atoms with Crippen LogP contribution in [0.5, 0.6) is 0 Å². The van der Waals surface area contributed by atoms with Gasteiger partial charge in [0.05, 0.1) is 5.41 Å². The lowest BCUT2D eigenvalue weighted by molar-refractivity contribution is -0.126. The molecular formula is C21H20O. The maximum Gasteiger partial charge on any atom is 0.144 e. The first-order valence-electron chi connectivity index (χ1n) is 8.42. The molecule has 1 saturated carbocycles. The van der Waals surface area contributed by atoms with E-state index in [0.29, 0.717) is 17.6 Å². The third-order valence-electron chi connectivity index (χ3n) is 6.21. The number of ketones is 1. The maximum atomic E-state index is 12.9. The first-order chi connectivity index (χ1) is 10.7. The minimum absolute atomic E-state index is 0.203. The lowest BCUT2D eigenvalue weighted by atomic mass is 9.62. The third kappa shape index (κ3) is 1.47. The molecule has 0 aromatic heterocycles. The summed E-state index contributed by atoms with van der Waals surface area (Å²) in [7, 11) is 0. The van der Waals surface area contributed by atoms with Crippen LogP contribution >= 0.6 is 0 Å². The molecule has 3 unspecified atom stereocenters. The molecular weight excluding hydrogens is 268 g/mol. The number of carbonyl (C=O) groups is 1. The molecule has 2 aromatic carbocycles. The molecule has 0 heterocycles. The van der Waals surface area contributed by atoms with Crippen LogP contribution in [0.2, 0.25) is 0 Å². The molecule has 0 aliphatic heterocycles. The van der Waals surface area contributed by atoms with Crippen molar-refractivity contribution in [1.29, 1.82) is 0 Å². The second-order valence-electron chi connectivity index (χ2n) is 7.45. The Bertz CT molecular complexity index is 844. The highest BCUT2D eigenvalue weighted by molar-refractivity contribution is 5.96. The van der Waals surface area contributed by atoms with Crippen molar-refractivity contribution < 1.29 is 4.79 Å². The Labute approximate surface area is 131 Å². The summed E-state index contributed by atoms with van der Waals surface area (Å²) in [6, 6.07) is 11.3. The molecule has 0 N–H and O–H groups in total. The molecule has 2 aromatic rings. The van der Waals surface area contributed by atoms with Crippen LogP contribution in [0, 0.1) is 18.8 Å². The van der Waals surface area contributed by atoms with Crippen molar-refractivity contribution >= 4 is 16.6 Å². The predicted molar refractivity (Wildman–Crippen MR) is 89.0 cm³/mol. The van der Waals surface area contributed by atoms with Crippen LogP contribution in [-0.2, 0) is 16.6 Å². The van der Waals surface area contributed by atoms with Crippen molar-refractivity contribution in [3.8, 4) is 0 Å². The fraction of sp³-hybridized carbons (Fsp3) is 0.381. The van der Waals surface area contributed by atoms with E-state index >= 15 is 0 Å².